The average Bonchev–Trinajstić information content (AvgIpc) is 2.74. The molecule has 1 amide bonds. The fourth-order valence-corrected chi connectivity index (χ4v) is 1.47. The number of amides is 1. The van der Waals surface area contributed by atoms with E-state index in [-0.39, 0.29) is 11.9 Å². The van der Waals surface area contributed by atoms with Gasteiger partial charge in [-0.1, -0.05) is 11.6 Å². The third-order valence-electron chi connectivity index (χ3n) is 2.11. The molecule has 0 bridgehead atoms. The monoisotopic (exact) mass is 235 g/mol. The van der Waals surface area contributed by atoms with Crippen molar-refractivity contribution in [2.75, 3.05) is 5.32 Å². The first-order valence-corrected chi connectivity index (χ1v) is 5.22. The quantitative estimate of drug-likeness (QED) is 0.858. The van der Waals surface area contributed by atoms with Gasteiger partial charge >= 0.3 is 0 Å². The van der Waals surface area contributed by atoms with Gasteiger partial charge in [-0.15, -0.1) is 0 Å². The molecule has 1 N–H and O–H groups in total. The molecule has 0 unspecified atom stereocenters. The first kappa shape index (κ1) is 10.8. The second-order valence-corrected chi connectivity index (χ2v) is 3.83. The van der Waals surface area contributed by atoms with Crippen LogP contribution in [0.15, 0.2) is 34.3 Å². The summed E-state index contributed by atoms with van der Waals surface area (Å²) in [5.74, 6) is -0.0853. The number of carbonyl (C=O) groups is 1. The van der Waals surface area contributed by atoms with Gasteiger partial charge in [0.15, 0.2) is 0 Å². The summed E-state index contributed by atoms with van der Waals surface area (Å²) in [5, 5.41) is 3.41. The van der Waals surface area contributed by atoms with E-state index in [1.54, 1.807) is 30.5 Å². The summed E-state index contributed by atoms with van der Waals surface area (Å²) in [7, 11) is 0. The van der Waals surface area contributed by atoms with E-state index in [0.717, 1.165) is 5.69 Å². The number of carbonyl (C=O) groups excluding carboxylic acids is 1. The lowest BCUT2D eigenvalue weighted by Crippen LogP contribution is -2.18. The molecule has 0 saturated carbocycles. The largest absolute Gasteiger partial charge is 0.326 e. The molecule has 1 aliphatic rings. The van der Waals surface area contributed by atoms with Gasteiger partial charge in [0.2, 0.25) is 5.91 Å². The molecule has 0 aromatic heterocycles. The van der Waals surface area contributed by atoms with Gasteiger partial charge in [-0.05, 0) is 24.3 Å². The van der Waals surface area contributed by atoms with Crippen LogP contribution in [-0.2, 0) is 4.79 Å². The third-order valence-corrected chi connectivity index (χ3v) is 2.36. The smallest absolute Gasteiger partial charge is 0.226 e. The van der Waals surface area contributed by atoms with Crippen molar-refractivity contribution in [1.82, 2.24) is 0 Å². The zero-order valence-corrected chi connectivity index (χ0v) is 9.19. The molecule has 1 aromatic carbocycles. The van der Waals surface area contributed by atoms with Crippen LogP contribution in [0.1, 0.15) is 6.42 Å². The van der Waals surface area contributed by atoms with E-state index in [1.165, 1.54) is 6.34 Å². The highest BCUT2D eigenvalue weighted by Gasteiger charge is 2.12. The van der Waals surface area contributed by atoms with Crippen molar-refractivity contribution in [2.24, 2.45) is 9.98 Å². The van der Waals surface area contributed by atoms with Crippen molar-refractivity contribution >= 4 is 35.7 Å². The highest BCUT2D eigenvalue weighted by Crippen LogP contribution is 2.14. The minimum absolute atomic E-state index is 0.0853. The molecule has 82 valence electrons. The Morgan fingerprint density at radius 3 is 2.75 bits per heavy atom. The van der Waals surface area contributed by atoms with Gasteiger partial charge in [0.25, 0.3) is 0 Å². The molecule has 0 aliphatic carbocycles. The first-order chi connectivity index (χ1) is 7.74. The number of hydrogen-bond donors (Lipinski definition) is 1. The highest BCUT2D eigenvalue weighted by atomic mass is 35.5. The molecule has 1 aliphatic heterocycles. The fraction of sp³-hybridized carbons (Fsp3) is 0.182. The third kappa shape index (κ3) is 2.90. The predicted molar refractivity (Wildman–Crippen MR) is 65.5 cm³/mol. The van der Waals surface area contributed by atoms with E-state index >= 15 is 0 Å². The second kappa shape index (κ2) is 4.90. The zero-order chi connectivity index (χ0) is 11.4. The van der Waals surface area contributed by atoms with Gasteiger partial charge in [0.1, 0.15) is 6.34 Å². The Bertz CT molecular complexity index is 427. The molecule has 0 spiro atoms. The summed E-state index contributed by atoms with van der Waals surface area (Å²) in [6, 6.07) is 6.84. The maximum absolute atomic E-state index is 11.6. The van der Waals surface area contributed by atoms with E-state index in [9.17, 15) is 4.79 Å². The number of aliphatic imine (C=N–C) groups is 2. The molecule has 2 rings (SSSR count). The van der Waals surface area contributed by atoms with E-state index in [1.807, 2.05) is 0 Å². The molecular weight excluding hydrogens is 226 g/mol. The van der Waals surface area contributed by atoms with Crippen molar-refractivity contribution in [3.05, 3.63) is 29.3 Å². The number of halogens is 1. The van der Waals surface area contributed by atoms with Crippen molar-refractivity contribution in [3.63, 3.8) is 0 Å². The minimum atomic E-state index is -0.132. The molecule has 16 heavy (non-hydrogen) atoms. The number of nitrogens with one attached hydrogen (secondary N) is 1. The summed E-state index contributed by atoms with van der Waals surface area (Å²) in [6.07, 6.45) is 3.42. The van der Waals surface area contributed by atoms with Gasteiger partial charge in [-0.25, -0.2) is 4.99 Å². The van der Waals surface area contributed by atoms with Crippen LogP contribution in [0.2, 0.25) is 5.02 Å². The van der Waals surface area contributed by atoms with Gasteiger partial charge in [0.05, 0.1) is 12.5 Å². The molecule has 1 heterocycles. The van der Waals surface area contributed by atoms with Crippen molar-refractivity contribution < 1.29 is 4.79 Å². The average molecular weight is 236 g/mol. The summed E-state index contributed by atoms with van der Waals surface area (Å²) < 4.78 is 0. The molecule has 4 nitrogen and oxygen atoms in total. The van der Waals surface area contributed by atoms with Crippen LogP contribution in [0.4, 0.5) is 5.69 Å². The Balaban J connectivity index is 1.89. The maximum Gasteiger partial charge on any atom is 0.226 e. The normalized spacial score (nSPS) is 17.7. The van der Waals surface area contributed by atoms with Crippen LogP contribution in [0.5, 0.6) is 0 Å². The standard InChI is InChI=1S/C11H10ClN3O/c12-8-1-3-9(4-2-8)15-11(16)5-10-6-13-7-14-10/h1-4,6-7,10H,5H2,(H,15,16)/t10-/m1/s1. The van der Waals surface area contributed by atoms with E-state index < -0.39 is 0 Å². The summed E-state index contributed by atoms with van der Waals surface area (Å²) >= 11 is 5.74. The number of rotatable bonds is 3. The lowest BCUT2D eigenvalue weighted by Gasteiger charge is -2.06. The second-order valence-electron chi connectivity index (χ2n) is 3.39. The Morgan fingerprint density at radius 1 is 1.38 bits per heavy atom. The van der Waals surface area contributed by atoms with E-state index in [2.05, 4.69) is 15.3 Å². The Kier molecular flexibility index (Phi) is 3.31. The molecule has 0 fully saturated rings. The number of anilines is 1. The molecule has 0 radical (unpaired) electrons. The van der Waals surface area contributed by atoms with Crippen molar-refractivity contribution in [3.8, 4) is 0 Å². The van der Waals surface area contributed by atoms with Gasteiger partial charge in [0, 0.05) is 16.9 Å². The predicted octanol–water partition coefficient (Wildman–Crippen LogP) is 2.15. The number of hydrogen-bond acceptors (Lipinski definition) is 3. The maximum atomic E-state index is 11.6. The highest BCUT2D eigenvalue weighted by molar-refractivity contribution is 6.30. The van der Waals surface area contributed by atoms with E-state index in [0.29, 0.717) is 11.4 Å². The van der Waals surface area contributed by atoms with Crippen LogP contribution < -0.4 is 5.32 Å². The van der Waals surface area contributed by atoms with Gasteiger partial charge in [-0.3, -0.25) is 9.79 Å². The molecule has 1 atom stereocenters. The van der Waals surface area contributed by atoms with E-state index in [4.69, 9.17) is 11.6 Å². The number of nitrogens with zero attached hydrogens (tertiary/aromatic N) is 2. The molecule has 5 heteroatoms. The minimum Gasteiger partial charge on any atom is -0.326 e. The van der Waals surface area contributed by atoms with Crippen LogP contribution in [0.3, 0.4) is 0 Å². The van der Waals surface area contributed by atoms with Gasteiger partial charge < -0.3 is 5.32 Å². The topological polar surface area (TPSA) is 53.8 Å². The Labute approximate surface area is 98.1 Å². The number of benzene rings is 1. The zero-order valence-electron chi connectivity index (χ0n) is 8.43. The van der Waals surface area contributed by atoms with Crippen LogP contribution in [0.25, 0.3) is 0 Å². The molecule has 1 aromatic rings. The summed E-state index contributed by atoms with van der Waals surface area (Å²) in [5.41, 5.74) is 0.730. The van der Waals surface area contributed by atoms with Crippen LogP contribution in [0, 0.1) is 0 Å². The fourth-order valence-electron chi connectivity index (χ4n) is 1.34. The lowest BCUT2D eigenvalue weighted by molar-refractivity contribution is -0.116. The summed E-state index contributed by atoms with van der Waals surface area (Å²) in [4.78, 5) is 19.4. The van der Waals surface area contributed by atoms with Crippen molar-refractivity contribution in [2.45, 2.75) is 12.5 Å². The van der Waals surface area contributed by atoms with Crippen LogP contribution in [-0.4, -0.2) is 24.5 Å². The lowest BCUT2D eigenvalue weighted by atomic mass is 10.2. The first-order valence-electron chi connectivity index (χ1n) is 4.84. The Morgan fingerprint density at radius 2 is 2.12 bits per heavy atom. The van der Waals surface area contributed by atoms with Gasteiger partial charge in [-0.2, -0.15) is 0 Å². The molecular formula is C11H10ClN3O. The Hall–Kier alpha value is -1.68. The van der Waals surface area contributed by atoms with Crippen LogP contribution >= 0.6 is 11.6 Å². The SMILES string of the molecule is O=C(C[C@@H]1C=NC=N1)Nc1ccc(Cl)cc1. The van der Waals surface area contributed by atoms with Crippen molar-refractivity contribution in [1.29, 1.82) is 0 Å². The molecule has 0 saturated heterocycles. The summed E-state index contributed by atoms with van der Waals surface area (Å²) in [6.45, 7) is 0.